The molecule has 1 aliphatic rings. The Bertz CT molecular complexity index is 190. The summed E-state index contributed by atoms with van der Waals surface area (Å²) in [5.74, 6) is 0.315. The van der Waals surface area contributed by atoms with E-state index in [1.54, 1.807) is 0 Å². The van der Waals surface area contributed by atoms with Crippen LogP contribution in [0.15, 0.2) is 12.2 Å². The van der Waals surface area contributed by atoms with Crippen LogP contribution in [0.25, 0.3) is 0 Å². The van der Waals surface area contributed by atoms with Crippen LogP contribution in [0.4, 0.5) is 0 Å². The Labute approximate surface area is 80.0 Å². The maximum Gasteiger partial charge on any atom is 0.135 e. The van der Waals surface area contributed by atoms with Gasteiger partial charge < -0.3 is 4.74 Å². The third-order valence-electron chi connectivity index (χ3n) is 2.31. The van der Waals surface area contributed by atoms with E-state index in [-0.39, 0.29) is 6.10 Å². The Balaban J connectivity index is 2.13. The molecule has 74 valence electrons. The van der Waals surface area contributed by atoms with E-state index in [2.05, 4.69) is 6.58 Å². The lowest BCUT2D eigenvalue weighted by Crippen LogP contribution is -2.12. The standard InChI is InChI=1S/C11H18O2/c1-9(2)5-6-10(12)8-11-4-3-7-13-11/h11H,1,3-8H2,2H3. The Morgan fingerprint density at radius 3 is 2.85 bits per heavy atom. The number of ketones is 1. The molecule has 1 heterocycles. The van der Waals surface area contributed by atoms with E-state index >= 15 is 0 Å². The number of allylic oxidation sites excluding steroid dienone is 1. The Kier molecular flexibility index (Phi) is 4.16. The van der Waals surface area contributed by atoms with Gasteiger partial charge in [0, 0.05) is 19.4 Å². The smallest absolute Gasteiger partial charge is 0.135 e. The largest absolute Gasteiger partial charge is 0.378 e. The molecule has 0 bridgehead atoms. The fourth-order valence-corrected chi connectivity index (χ4v) is 1.51. The highest BCUT2D eigenvalue weighted by molar-refractivity contribution is 5.79. The minimum Gasteiger partial charge on any atom is -0.378 e. The summed E-state index contributed by atoms with van der Waals surface area (Å²) in [5.41, 5.74) is 1.08. The molecule has 1 aliphatic heterocycles. The highest BCUT2D eigenvalue weighted by Crippen LogP contribution is 2.17. The molecular formula is C11H18O2. The van der Waals surface area contributed by atoms with Crippen LogP contribution in [0.3, 0.4) is 0 Å². The minimum absolute atomic E-state index is 0.206. The van der Waals surface area contributed by atoms with E-state index in [0.29, 0.717) is 18.6 Å². The summed E-state index contributed by atoms with van der Waals surface area (Å²) in [6.07, 6.45) is 4.43. The molecule has 1 rings (SSSR count). The van der Waals surface area contributed by atoms with Crippen molar-refractivity contribution in [2.45, 2.75) is 45.1 Å². The van der Waals surface area contributed by atoms with Gasteiger partial charge >= 0.3 is 0 Å². The zero-order valence-corrected chi connectivity index (χ0v) is 8.34. The first kappa shape index (κ1) is 10.5. The van der Waals surface area contributed by atoms with Gasteiger partial charge in [0.2, 0.25) is 0 Å². The van der Waals surface area contributed by atoms with Gasteiger partial charge in [-0.05, 0) is 26.2 Å². The molecule has 0 saturated carbocycles. The zero-order chi connectivity index (χ0) is 9.68. The van der Waals surface area contributed by atoms with Crippen molar-refractivity contribution < 1.29 is 9.53 Å². The number of carbonyl (C=O) groups excluding carboxylic acids is 1. The Morgan fingerprint density at radius 1 is 1.54 bits per heavy atom. The third-order valence-corrected chi connectivity index (χ3v) is 2.31. The molecule has 13 heavy (non-hydrogen) atoms. The zero-order valence-electron chi connectivity index (χ0n) is 8.34. The fourth-order valence-electron chi connectivity index (χ4n) is 1.51. The van der Waals surface area contributed by atoms with Crippen LogP contribution in [0, 0.1) is 0 Å². The van der Waals surface area contributed by atoms with Gasteiger partial charge in [0.1, 0.15) is 5.78 Å². The first-order valence-corrected chi connectivity index (χ1v) is 4.96. The van der Waals surface area contributed by atoms with Gasteiger partial charge in [0.25, 0.3) is 0 Å². The van der Waals surface area contributed by atoms with Crippen LogP contribution in [0.5, 0.6) is 0 Å². The van der Waals surface area contributed by atoms with Gasteiger partial charge in [-0.25, -0.2) is 0 Å². The number of ether oxygens (including phenoxy) is 1. The number of hydrogen-bond donors (Lipinski definition) is 0. The number of carbonyl (C=O) groups is 1. The summed E-state index contributed by atoms with van der Waals surface area (Å²) < 4.78 is 5.39. The van der Waals surface area contributed by atoms with Crippen molar-refractivity contribution in [2.24, 2.45) is 0 Å². The molecule has 2 nitrogen and oxygen atoms in total. The molecular weight excluding hydrogens is 164 g/mol. The Morgan fingerprint density at radius 2 is 2.31 bits per heavy atom. The molecule has 0 aromatic heterocycles. The fraction of sp³-hybridized carbons (Fsp3) is 0.727. The predicted molar refractivity (Wildman–Crippen MR) is 52.6 cm³/mol. The number of rotatable bonds is 5. The minimum atomic E-state index is 0.206. The molecule has 1 atom stereocenters. The first-order valence-electron chi connectivity index (χ1n) is 4.96. The van der Waals surface area contributed by atoms with Crippen LogP contribution in [-0.4, -0.2) is 18.5 Å². The van der Waals surface area contributed by atoms with Crippen LogP contribution in [-0.2, 0) is 9.53 Å². The summed E-state index contributed by atoms with van der Waals surface area (Å²) in [6, 6.07) is 0. The summed E-state index contributed by atoms with van der Waals surface area (Å²) in [7, 11) is 0. The van der Waals surface area contributed by atoms with E-state index < -0.39 is 0 Å². The van der Waals surface area contributed by atoms with E-state index in [1.807, 2.05) is 6.92 Å². The second-order valence-electron chi connectivity index (χ2n) is 3.83. The van der Waals surface area contributed by atoms with Crippen molar-refractivity contribution in [3.05, 3.63) is 12.2 Å². The average molecular weight is 182 g/mol. The predicted octanol–water partition coefficient (Wildman–Crippen LogP) is 2.48. The van der Waals surface area contributed by atoms with Gasteiger partial charge in [-0.2, -0.15) is 0 Å². The molecule has 1 unspecified atom stereocenters. The van der Waals surface area contributed by atoms with Crippen LogP contribution >= 0.6 is 0 Å². The third kappa shape index (κ3) is 4.23. The van der Waals surface area contributed by atoms with Gasteiger partial charge in [-0.15, -0.1) is 6.58 Å². The van der Waals surface area contributed by atoms with Crippen LogP contribution in [0.1, 0.15) is 39.0 Å². The second kappa shape index (κ2) is 5.18. The maximum atomic E-state index is 11.4. The van der Waals surface area contributed by atoms with Crippen molar-refractivity contribution in [3.63, 3.8) is 0 Å². The van der Waals surface area contributed by atoms with Crippen molar-refractivity contribution in [1.29, 1.82) is 0 Å². The molecule has 0 radical (unpaired) electrons. The lowest BCUT2D eigenvalue weighted by atomic mass is 10.0. The van der Waals surface area contributed by atoms with E-state index in [4.69, 9.17) is 4.74 Å². The van der Waals surface area contributed by atoms with Gasteiger partial charge in [-0.1, -0.05) is 5.57 Å². The van der Waals surface area contributed by atoms with Crippen LogP contribution in [0.2, 0.25) is 0 Å². The highest BCUT2D eigenvalue weighted by Gasteiger charge is 2.18. The van der Waals surface area contributed by atoms with Crippen molar-refractivity contribution in [1.82, 2.24) is 0 Å². The molecule has 0 aromatic rings. The topological polar surface area (TPSA) is 26.3 Å². The van der Waals surface area contributed by atoms with E-state index in [0.717, 1.165) is 31.4 Å². The van der Waals surface area contributed by atoms with Gasteiger partial charge in [-0.3, -0.25) is 4.79 Å². The lowest BCUT2D eigenvalue weighted by molar-refractivity contribution is -0.121. The van der Waals surface area contributed by atoms with Crippen LogP contribution < -0.4 is 0 Å². The summed E-state index contributed by atoms with van der Waals surface area (Å²) in [5, 5.41) is 0. The molecule has 0 aliphatic carbocycles. The van der Waals surface area contributed by atoms with Crippen molar-refractivity contribution >= 4 is 5.78 Å². The number of hydrogen-bond acceptors (Lipinski definition) is 2. The molecule has 0 aromatic carbocycles. The SMILES string of the molecule is C=C(C)CCC(=O)CC1CCCO1. The van der Waals surface area contributed by atoms with Crippen molar-refractivity contribution in [2.75, 3.05) is 6.61 Å². The maximum absolute atomic E-state index is 11.4. The van der Waals surface area contributed by atoms with Gasteiger partial charge in [0.05, 0.1) is 6.10 Å². The molecule has 1 fully saturated rings. The molecule has 0 spiro atoms. The second-order valence-corrected chi connectivity index (χ2v) is 3.83. The first-order chi connectivity index (χ1) is 6.18. The average Bonchev–Trinajstić information content (AvgIpc) is 2.53. The summed E-state index contributed by atoms with van der Waals surface area (Å²) in [4.78, 5) is 11.4. The Hall–Kier alpha value is -0.630. The summed E-state index contributed by atoms with van der Waals surface area (Å²) >= 11 is 0. The van der Waals surface area contributed by atoms with Crippen molar-refractivity contribution in [3.8, 4) is 0 Å². The molecule has 0 N–H and O–H groups in total. The monoisotopic (exact) mass is 182 g/mol. The molecule has 2 heteroatoms. The molecule has 1 saturated heterocycles. The highest BCUT2D eigenvalue weighted by atomic mass is 16.5. The lowest BCUT2D eigenvalue weighted by Gasteiger charge is -2.07. The van der Waals surface area contributed by atoms with Gasteiger partial charge in [0.15, 0.2) is 0 Å². The van der Waals surface area contributed by atoms with E-state index in [9.17, 15) is 4.79 Å². The quantitative estimate of drug-likeness (QED) is 0.610. The number of Topliss-reactive ketones (excluding diaryl/α,β-unsaturated/α-hetero) is 1. The molecule has 0 amide bonds. The summed E-state index contributed by atoms with van der Waals surface area (Å²) in [6.45, 7) is 6.56. The van der Waals surface area contributed by atoms with E-state index in [1.165, 1.54) is 0 Å². The normalized spacial score (nSPS) is 21.8.